The molecule has 5 rings (SSSR count). The van der Waals surface area contributed by atoms with Crippen LogP contribution in [-0.2, 0) is 4.79 Å². The molecule has 0 spiro atoms. The number of methoxy groups -OCH3 is 1. The number of anilines is 3. The molecule has 4 N–H and O–H groups in total. The lowest BCUT2D eigenvalue weighted by molar-refractivity contribution is -0.347. The van der Waals surface area contributed by atoms with Gasteiger partial charge in [-0.3, -0.25) is 9.78 Å². The van der Waals surface area contributed by atoms with Crippen LogP contribution in [0.1, 0.15) is 6.42 Å². The normalized spacial score (nSPS) is 23.8. The molecule has 2 aliphatic rings. The van der Waals surface area contributed by atoms with Gasteiger partial charge in [0.15, 0.2) is 12.1 Å². The van der Waals surface area contributed by atoms with E-state index in [1.165, 1.54) is 0 Å². The van der Waals surface area contributed by atoms with Gasteiger partial charge in [-0.05, 0) is 30.4 Å². The van der Waals surface area contributed by atoms with Crippen LogP contribution in [0.5, 0.6) is 5.75 Å². The first-order valence-corrected chi connectivity index (χ1v) is 10.4. The van der Waals surface area contributed by atoms with Crippen LogP contribution in [0.2, 0.25) is 0 Å². The molecule has 1 saturated carbocycles. The van der Waals surface area contributed by atoms with Gasteiger partial charge < -0.3 is 20.3 Å². The summed E-state index contributed by atoms with van der Waals surface area (Å²) in [6.07, 6.45) is 7.12. The molecular formula is C22H26N7O2+. The molecule has 2 aliphatic carbocycles. The van der Waals surface area contributed by atoms with Gasteiger partial charge in [0.1, 0.15) is 5.75 Å². The van der Waals surface area contributed by atoms with Gasteiger partial charge in [0.05, 0.1) is 13.0 Å². The Morgan fingerprint density at radius 1 is 1.26 bits per heavy atom. The number of imidazole rings is 1. The first-order chi connectivity index (χ1) is 15.0. The zero-order chi connectivity index (χ0) is 21.5. The smallest absolute Gasteiger partial charge is 0.307 e. The summed E-state index contributed by atoms with van der Waals surface area (Å²) in [6.45, 7) is 0. The van der Waals surface area contributed by atoms with E-state index in [1.54, 1.807) is 18.3 Å². The molecule has 3 aromatic rings. The lowest BCUT2D eigenvalue weighted by Crippen LogP contribution is -2.43. The van der Waals surface area contributed by atoms with Gasteiger partial charge in [-0.1, -0.05) is 23.2 Å². The third-order valence-electron chi connectivity index (χ3n) is 6.15. The summed E-state index contributed by atoms with van der Waals surface area (Å²) in [5.74, 6) is 2.47. The number of amides is 1. The van der Waals surface area contributed by atoms with E-state index in [2.05, 4.69) is 37.7 Å². The number of nitrogens with zero attached hydrogens (tertiary/aromatic N) is 3. The van der Waals surface area contributed by atoms with E-state index in [4.69, 9.17) is 9.72 Å². The van der Waals surface area contributed by atoms with Crippen LogP contribution in [0.3, 0.4) is 0 Å². The molecule has 9 heteroatoms. The molecule has 1 aromatic carbocycles. The Hall–Kier alpha value is -3.62. The van der Waals surface area contributed by atoms with Crippen molar-refractivity contribution in [3.63, 3.8) is 0 Å². The number of carbonyl (C=O) groups is 1. The van der Waals surface area contributed by atoms with Crippen LogP contribution < -0.4 is 20.4 Å². The maximum atomic E-state index is 12.9. The number of fused-ring (bicyclic) bond motifs is 3. The van der Waals surface area contributed by atoms with Gasteiger partial charge in [-0.15, -0.1) is 0 Å². The van der Waals surface area contributed by atoms with Gasteiger partial charge in [0, 0.05) is 31.9 Å². The molecule has 160 valence electrons. The number of ether oxygens (including phenoxy) is 1. The topological polar surface area (TPSA) is 109 Å². The van der Waals surface area contributed by atoms with E-state index in [0.29, 0.717) is 23.3 Å². The van der Waals surface area contributed by atoms with E-state index in [1.807, 2.05) is 38.4 Å². The van der Waals surface area contributed by atoms with Crippen molar-refractivity contribution < 1.29 is 14.5 Å². The number of hydrogen-bond acceptors (Lipinski definition) is 6. The van der Waals surface area contributed by atoms with Gasteiger partial charge in [0.2, 0.25) is 11.4 Å². The standard InChI is InChI=1S/C22H25N7O2/c1-29(2)21(30)16-12-7-8-13(9-12)17(16)26-20-18-19(24-11-23-18)27-22(28-20)25-14-5-4-6-15(10-14)31-3/h4-8,10-13,16-17H,9H2,1-3H3,(H3,23,24,25,26,27,28)/p+1. The van der Waals surface area contributed by atoms with Crippen LogP contribution in [0.25, 0.3) is 11.2 Å². The number of aromatic amines is 2. The molecule has 1 fully saturated rings. The number of benzene rings is 1. The van der Waals surface area contributed by atoms with Crippen molar-refractivity contribution in [3.8, 4) is 5.75 Å². The molecule has 4 unspecified atom stereocenters. The highest BCUT2D eigenvalue weighted by Crippen LogP contribution is 2.45. The predicted molar refractivity (Wildman–Crippen MR) is 117 cm³/mol. The van der Waals surface area contributed by atoms with Crippen molar-refractivity contribution in [2.45, 2.75) is 12.5 Å². The predicted octanol–water partition coefficient (Wildman–Crippen LogP) is 2.21. The molecule has 9 nitrogen and oxygen atoms in total. The van der Waals surface area contributed by atoms with Crippen molar-refractivity contribution in [2.24, 2.45) is 17.8 Å². The Kier molecular flexibility index (Phi) is 4.72. The van der Waals surface area contributed by atoms with Gasteiger partial charge >= 0.3 is 11.6 Å². The monoisotopic (exact) mass is 420 g/mol. The minimum absolute atomic E-state index is 0.0176. The number of aromatic nitrogens is 4. The number of rotatable bonds is 6. The molecule has 1 amide bonds. The maximum Gasteiger partial charge on any atom is 0.307 e. The van der Waals surface area contributed by atoms with E-state index in [0.717, 1.165) is 23.4 Å². The Balaban J connectivity index is 1.47. The summed E-state index contributed by atoms with van der Waals surface area (Å²) in [4.78, 5) is 30.2. The van der Waals surface area contributed by atoms with Crippen LogP contribution in [0, 0.1) is 17.8 Å². The Morgan fingerprint density at radius 2 is 2.10 bits per heavy atom. The quantitative estimate of drug-likeness (QED) is 0.528. The van der Waals surface area contributed by atoms with Crippen molar-refractivity contribution >= 4 is 34.5 Å². The molecule has 0 aliphatic heterocycles. The average Bonchev–Trinajstić information content (AvgIpc) is 3.49. The van der Waals surface area contributed by atoms with E-state index >= 15 is 0 Å². The van der Waals surface area contributed by atoms with Gasteiger partial charge in [-0.2, -0.15) is 4.98 Å². The SMILES string of the molecule is COc1cccc(Nc2nc(NC3C4C=CC(C4)C3C(=O)N(C)C)c3[nH]c[nH+]c3n2)c1. The first-order valence-electron chi connectivity index (χ1n) is 10.4. The summed E-state index contributed by atoms with van der Waals surface area (Å²) in [5, 5.41) is 6.82. The zero-order valence-corrected chi connectivity index (χ0v) is 17.7. The zero-order valence-electron chi connectivity index (χ0n) is 17.7. The van der Waals surface area contributed by atoms with E-state index in [9.17, 15) is 4.79 Å². The number of hydrogen-bond donors (Lipinski definition) is 3. The minimum atomic E-state index is -0.108. The van der Waals surface area contributed by atoms with Crippen molar-refractivity contribution in [1.82, 2.24) is 19.9 Å². The number of H-pyrrole nitrogens is 2. The summed E-state index contributed by atoms with van der Waals surface area (Å²) in [5.41, 5.74) is 2.28. The summed E-state index contributed by atoms with van der Waals surface area (Å²) < 4.78 is 5.30. The molecule has 2 bridgehead atoms. The first kappa shape index (κ1) is 19.3. The largest absolute Gasteiger partial charge is 0.497 e. The lowest BCUT2D eigenvalue weighted by atomic mass is 9.87. The highest BCUT2D eigenvalue weighted by molar-refractivity contribution is 5.84. The second-order valence-electron chi connectivity index (χ2n) is 8.29. The number of allylic oxidation sites excluding steroid dienone is 1. The van der Waals surface area contributed by atoms with Gasteiger partial charge in [-0.25, -0.2) is 4.98 Å². The minimum Gasteiger partial charge on any atom is -0.497 e. The molecular weight excluding hydrogens is 394 g/mol. The summed E-state index contributed by atoms with van der Waals surface area (Å²) >= 11 is 0. The van der Waals surface area contributed by atoms with Crippen LogP contribution in [0.4, 0.5) is 17.5 Å². The second-order valence-corrected chi connectivity index (χ2v) is 8.29. The second kappa shape index (κ2) is 7.57. The molecule has 0 radical (unpaired) electrons. The third kappa shape index (κ3) is 3.45. The van der Waals surface area contributed by atoms with Crippen molar-refractivity contribution in [3.05, 3.63) is 42.7 Å². The van der Waals surface area contributed by atoms with Crippen LogP contribution >= 0.6 is 0 Å². The number of carbonyl (C=O) groups excluding carboxylic acids is 1. The molecule has 2 aromatic heterocycles. The van der Waals surface area contributed by atoms with E-state index < -0.39 is 0 Å². The molecule has 4 atom stereocenters. The fourth-order valence-electron chi connectivity index (χ4n) is 4.68. The maximum absolute atomic E-state index is 12.9. The summed E-state index contributed by atoms with van der Waals surface area (Å²) in [7, 11) is 5.26. The van der Waals surface area contributed by atoms with Crippen LogP contribution in [-0.4, -0.2) is 53.0 Å². The Morgan fingerprint density at radius 3 is 2.90 bits per heavy atom. The third-order valence-corrected chi connectivity index (χ3v) is 6.15. The fourth-order valence-corrected chi connectivity index (χ4v) is 4.68. The Bertz CT molecular complexity index is 1160. The van der Waals surface area contributed by atoms with E-state index in [-0.39, 0.29) is 23.8 Å². The van der Waals surface area contributed by atoms with Crippen molar-refractivity contribution in [1.29, 1.82) is 0 Å². The number of nitrogens with one attached hydrogen (secondary N) is 4. The summed E-state index contributed by atoms with van der Waals surface area (Å²) in [6, 6.07) is 7.58. The molecule has 31 heavy (non-hydrogen) atoms. The van der Waals surface area contributed by atoms with Crippen LogP contribution in [0.15, 0.2) is 42.7 Å². The Labute approximate surface area is 179 Å². The lowest BCUT2D eigenvalue weighted by Gasteiger charge is -2.30. The fraction of sp³-hybridized carbons (Fsp3) is 0.364. The molecule has 0 saturated heterocycles. The van der Waals surface area contributed by atoms with Crippen molar-refractivity contribution in [2.75, 3.05) is 31.8 Å². The molecule has 2 heterocycles. The average molecular weight is 420 g/mol. The van der Waals surface area contributed by atoms with Gasteiger partial charge in [0.25, 0.3) is 0 Å². The highest BCUT2D eigenvalue weighted by atomic mass is 16.5. The highest BCUT2D eigenvalue weighted by Gasteiger charge is 2.49.